The third-order valence-corrected chi connectivity index (χ3v) is 7.80. The minimum absolute atomic E-state index is 0.244. The molecule has 0 fully saturated rings. The van der Waals surface area contributed by atoms with Crippen LogP contribution in [-0.2, 0) is 0 Å². The molecule has 4 heterocycles. The second-order valence-corrected chi connectivity index (χ2v) is 11.1. The van der Waals surface area contributed by atoms with E-state index < -0.39 is 5.54 Å². The topological polar surface area (TPSA) is 126 Å². The zero-order valence-electron chi connectivity index (χ0n) is 26.0. The first-order valence-corrected chi connectivity index (χ1v) is 14.5. The highest BCUT2D eigenvalue weighted by Crippen LogP contribution is 2.41. The predicted molar refractivity (Wildman–Crippen MR) is 183 cm³/mol. The molecule has 45 heavy (non-hydrogen) atoms. The Morgan fingerprint density at radius 3 is 2.27 bits per heavy atom. The van der Waals surface area contributed by atoms with Gasteiger partial charge in [0.15, 0.2) is 0 Å². The Labute approximate surface area is 263 Å². The molecule has 1 aliphatic rings. The third-order valence-electron chi connectivity index (χ3n) is 7.80. The molecule has 2 aromatic carbocycles. The monoisotopic (exact) mass is 599 g/mol. The van der Waals surface area contributed by atoms with Crippen molar-refractivity contribution in [1.82, 2.24) is 15.0 Å². The molecule has 0 spiro atoms. The lowest BCUT2D eigenvalue weighted by atomic mass is 9.88. The number of aromatic nitrogens is 3. The van der Waals surface area contributed by atoms with Gasteiger partial charge in [0, 0.05) is 41.2 Å². The first-order chi connectivity index (χ1) is 21.6. The molecule has 8 nitrogen and oxygen atoms in total. The van der Waals surface area contributed by atoms with Gasteiger partial charge in [0.1, 0.15) is 22.8 Å². The third kappa shape index (κ3) is 6.65. The summed E-state index contributed by atoms with van der Waals surface area (Å²) in [7, 11) is 1.59. The van der Waals surface area contributed by atoms with Gasteiger partial charge in [-0.05, 0) is 79.8 Å². The number of methoxy groups -OCH3 is 1. The zero-order chi connectivity index (χ0) is 32.1. The van der Waals surface area contributed by atoms with Crippen LogP contribution in [0.5, 0.6) is 17.4 Å². The number of aryl methyl sites for hydroxylation is 4. The van der Waals surface area contributed by atoms with Crippen LogP contribution in [0.25, 0.3) is 29.1 Å². The Hall–Kier alpha value is -5.63. The van der Waals surface area contributed by atoms with Crippen molar-refractivity contribution in [2.75, 3.05) is 18.2 Å². The highest BCUT2D eigenvalue weighted by Gasteiger charge is 2.28. The van der Waals surface area contributed by atoms with Gasteiger partial charge in [0.25, 0.3) is 0 Å². The fourth-order valence-corrected chi connectivity index (χ4v) is 5.28. The molecule has 0 radical (unpaired) electrons. The minimum Gasteiger partial charge on any atom is -0.505 e. The number of hydrogen-bond acceptors (Lipinski definition) is 8. The molecule has 5 aromatic rings. The summed E-state index contributed by atoms with van der Waals surface area (Å²) in [5.74, 6) is 1.55. The van der Waals surface area contributed by atoms with Crippen molar-refractivity contribution < 1.29 is 14.9 Å². The Bertz CT molecular complexity index is 1950. The minimum atomic E-state index is -0.701. The van der Waals surface area contributed by atoms with Crippen molar-refractivity contribution in [3.8, 4) is 17.4 Å². The van der Waals surface area contributed by atoms with E-state index in [2.05, 4.69) is 26.3 Å². The summed E-state index contributed by atoms with van der Waals surface area (Å²) in [5, 5.41) is 25.0. The van der Waals surface area contributed by atoms with Gasteiger partial charge in [0.05, 0.1) is 18.3 Å². The Morgan fingerprint density at radius 1 is 0.822 bits per heavy atom. The lowest BCUT2D eigenvalue weighted by Crippen LogP contribution is -2.34. The first kappa shape index (κ1) is 30.8. The maximum Gasteiger partial charge on any atom is 0.212 e. The Balaban J connectivity index is 0.000000256. The number of aromatic hydroxyl groups is 2. The molecular weight excluding hydrogens is 562 g/mol. The molecule has 3 aromatic heterocycles. The lowest BCUT2D eigenvalue weighted by molar-refractivity contribution is 0.398. The van der Waals surface area contributed by atoms with Crippen LogP contribution in [-0.4, -0.2) is 37.8 Å². The van der Waals surface area contributed by atoms with Crippen LogP contribution in [0.2, 0.25) is 0 Å². The van der Waals surface area contributed by atoms with Gasteiger partial charge in [-0.25, -0.2) is 9.97 Å². The van der Waals surface area contributed by atoms with E-state index in [9.17, 15) is 10.2 Å². The molecule has 8 heteroatoms. The summed E-state index contributed by atoms with van der Waals surface area (Å²) >= 11 is 0. The van der Waals surface area contributed by atoms with Gasteiger partial charge in [-0.2, -0.15) is 0 Å². The maximum atomic E-state index is 10.8. The number of nitrogens with zero attached hydrogens (tertiary/aromatic N) is 3. The predicted octanol–water partition coefficient (Wildman–Crippen LogP) is 7.55. The number of nitrogen functional groups attached to an aromatic ring is 1. The molecule has 1 aliphatic heterocycles. The maximum absolute atomic E-state index is 10.8. The number of nitrogens with two attached hydrogens (primary N) is 1. The molecule has 1 unspecified atom stereocenters. The zero-order valence-corrected chi connectivity index (χ0v) is 26.0. The van der Waals surface area contributed by atoms with Crippen LogP contribution in [0, 0.1) is 27.7 Å². The Morgan fingerprint density at radius 2 is 1.53 bits per heavy atom. The summed E-state index contributed by atoms with van der Waals surface area (Å²) in [4.78, 5) is 12.6. The molecule has 1 atom stereocenters. The number of nitrogens with one attached hydrogen (secondary N) is 1. The lowest BCUT2D eigenvalue weighted by Gasteiger charge is -2.33. The molecule has 0 amide bonds. The molecule has 228 valence electrons. The summed E-state index contributed by atoms with van der Waals surface area (Å²) in [5.41, 5.74) is 13.4. The Kier molecular flexibility index (Phi) is 8.86. The summed E-state index contributed by atoms with van der Waals surface area (Å²) in [6, 6.07) is 15.3. The number of rotatable bonds is 5. The average Bonchev–Trinajstić information content (AvgIpc) is 3.05. The van der Waals surface area contributed by atoms with Crippen molar-refractivity contribution in [2.24, 2.45) is 0 Å². The second-order valence-electron chi connectivity index (χ2n) is 11.1. The van der Waals surface area contributed by atoms with Gasteiger partial charge in [-0.15, -0.1) is 0 Å². The normalized spacial score (nSPS) is 15.5. The largest absolute Gasteiger partial charge is 0.505 e. The number of anilines is 2. The fourth-order valence-electron chi connectivity index (χ4n) is 5.28. The van der Waals surface area contributed by atoms with Crippen LogP contribution in [0.15, 0.2) is 85.3 Å². The fraction of sp³-hybridized carbons (Fsp3) is 0.162. The van der Waals surface area contributed by atoms with E-state index in [0.717, 1.165) is 44.3 Å². The molecule has 0 bridgehead atoms. The number of benzene rings is 2. The molecule has 0 saturated heterocycles. The van der Waals surface area contributed by atoms with E-state index in [-0.39, 0.29) is 5.75 Å². The van der Waals surface area contributed by atoms with Crippen molar-refractivity contribution in [3.63, 3.8) is 0 Å². The van der Waals surface area contributed by atoms with Gasteiger partial charge < -0.3 is 26.0 Å². The van der Waals surface area contributed by atoms with Crippen molar-refractivity contribution in [2.45, 2.75) is 33.2 Å². The van der Waals surface area contributed by atoms with Gasteiger partial charge in [-0.1, -0.05) is 54.7 Å². The molecule has 6 rings (SSSR count). The quantitative estimate of drug-likeness (QED) is 0.153. The van der Waals surface area contributed by atoms with Crippen LogP contribution in [0.1, 0.15) is 38.9 Å². The SMILES string of the molecule is COc1ccc(C=CC2(C=Cc3cccnc3N)C=Cc3c(C)cc(C)c(O)c3N2)cn1.Cc1cc(C)c2cccnc2c1O. The van der Waals surface area contributed by atoms with Crippen LogP contribution in [0.3, 0.4) is 0 Å². The van der Waals surface area contributed by atoms with Crippen LogP contribution in [0.4, 0.5) is 11.5 Å². The molecule has 0 saturated carbocycles. The number of ether oxygens (including phenoxy) is 1. The van der Waals surface area contributed by atoms with Crippen molar-refractivity contribution >= 4 is 40.6 Å². The van der Waals surface area contributed by atoms with E-state index in [4.69, 9.17) is 10.5 Å². The summed E-state index contributed by atoms with van der Waals surface area (Å²) in [6.45, 7) is 7.84. The summed E-state index contributed by atoms with van der Waals surface area (Å²) in [6.07, 6.45) is 17.1. The average molecular weight is 600 g/mol. The first-order valence-electron chi connectivity index (χ1n) is 14.5. The number of hydrogen-bond donors (Lipinski definition) is 4. The molecular formula is C37H37N5O3. The summed E-state index contributed by atoms with van der Waals surface area (Å²) < 4.78 is 5.14. The van der Waals surface area contributed by atoms with E-state index >= 15 is 0 Å². The van der Waals surface area contributed by atoms with Gasteiger partial charge in [-0.3, -0.25) is 4.98 Å². The van der Waals surface area contributed by atoms with E-state index in [1.807, 2.05) is 107 Å². The van der Waals surface area contributed by atoms with Crippen molar-refractivity contribution in [1.29, 1.82) is 0 Å². The van der Waals surface area contributed by atoms with E-state index in [1.165, 1.54) is 0 Å². The highest BCUT2D eigenvalue weighted by molar-refractivity contribution is 5.88. The molecule has 5 N–H and O–H groups in total. The van der Waals surface area contributed by atoms with E-state index in [0.29, 0.717) is 28.7 Å². The number of fused-ring (bicyclic) bond motifs is 2. The van der Waals surface area contributed by atoms with Crippen LogP contribution < -0.4 is 15.8 Å². The standard InChI is InChI=1S/C26H26N4O2.C11H11NO/c1-17-15-18(2)24(31)23-21(17)10-13-26(30-23,12-9-20-5-4-14-28-25(20)27)11-8-19-6-7-22(32-3)29-16-19;1-7-6-8(2)11(13)10-9(7)4-3-5-12-10/h4-16,30-31H,1-3H3,(H2,27,28);3-6,13H,1-2H3. The number of phenols is 2. The number of pyridine rings is 3. The van der Waals surface area contributed by atoms with Gasteiger partial charge in [0.2, 0.25) is 5.88 Å². The highest BCUT2D eigenvalue weighted by atomic mass is 16.5. The smallest absolute Gasteiger partial charge is 0.212 e. The van der Waals surface area contributed by atoms with Crippen LogP contribution >= 0.6 is 0 Å². The van der Waals surface area contributed by atoms with Gasteiger partial charge >= 0.3 is 0 Å². The van der Waals surface area contributed by atoms with E-state index in [1.54, 1.807) is 25.7 Å². The van der Waals surface area contributed by atoms with Crippen molar-refractivity contribution in [3.05, 3.63) is 124 Å². The second kappa shape index (κ2) is 12.9. The number of phenolic OH excluding ortho intramolecular Hbond substituents is 2. The molecule has 0 aliphatic carbocycles.